The maximum Gasteiger partial charge on any atom is 0.00362 e. The third-order valence-electron chi connectivity index (χ3n) is 3.04. The van der Waals surface area contributed by atoms with Crippen molar-refractivity contribution < 1.29 is 0 Å². The van der Waals surface area contributed by atoms with Crippen molar-refractivity contribution in [3.63, 3.8) is 0 Å². The fourth-order valence-corrected chi connectivity index (χ4v) is 1.41. The van der Waals surface area contributed by atoms with Crippen LogP contribution >= 0.6 is 0 Å². The summed E-state index contributed by atoms with van der Waals surface area (Å²) in [4.78, 5) is 0. The predicted molar refractivity (Wildman–Crippen MR) is 49.6 cm³/mol. The average molecular weight is 155 g/mol. The van der Waals surface area contributed by atoms with Crippen LogP contribution in [0.15, 0.2) is 0 Å². The maximum atomic E-state index is 3.55. The van der Waals surface area contributed by atoms with E-state index < -0.39 is 0 Å². The van der Waals surface area contributed by atoms with Crippen LogP contribution in [-0.4, -0.2) is 12.6 Å². The molecule has 0 aromatic rings. The minimum Gasteiger partial charge on any atom is -0.314 e. The molecule has 1 fully saturated rings. The van der Waals surface area contributed by atoms with Gasteiger partial charge < -0.3 is 5.32 Å². The fraction of sp³-hybridized carbons (Fsp3) is 1.00. The molecule has 0 aromatic carbocycles. The van der Waals surface area contributed by atoms with Crippen molar-refractivity contribution in [2.45, 2.75) is 46.6 Å². The highest BCUT2D eigenvalue weighted by atomic mass is 14.9. The smallest absolute Gasteiger partial charge is 0.00362 e. The Hall–Kier alpha value is -0.0400. The molecule has 1 heteroatoms. The lowest BCUT2D eigenvalue weighted by atomic mass is 10.1. The minimum absolute atomic E-state index is 0.639. The first kappa shape index (κ1) is 9.05. The largest absolute Gasteiger partial charge is 0.314 e. The van der Waals surface area contributed by atoms with Gasteiger partial charge in [0.15, 0.2) is 0 Å². The van der Waals surface area contributed by atoms with E-state index in [0.717, 1.165) is 5.92 Å². The van der Waals surface area contributed by atoms with E-state index >= 15 is 0 Å². The molecule has 0 heterocycles. The van der Waals surface area contributed by atoms with Gasteiger partial charge in [0.05, 0.1) is 0 Å². The predicted octanol–water partition coefficient (Wildman–Crippen LogP) is 2.42. The van der Waals surface area contributed by atoms with Gasteiger partial charge in [-0.3, -0.25) is 0 Å². The summed E-state index contributed by atoms with van der Waals surface area (Å²) >= 11 is 0. The van der Waals surface area contributed by atoms with Gasteiger partial charge in [-0.1, -0.05) is 20.8 Å². The first-order chi connectivity index (χ1) is 5.06. The van der Waals surface area contributed by atoms with Gasteiger partial charge in [0.2, 0.25) is 0 Å². The summed E-state index contributed by atoms with van der Waals surface area (Å²) in [7, 11) is 0. The fourth-order valence-electron chi connectivity index (χ4n) is 1.41. The van der Waals surface area contributed by atoms with Crippen LogP contribution in [-0.2, 0) is 0 Å². The first-order valence-electron chi connectivity index (χ1n) is 4.79. The van der Waals surface area contributed by atoms with Crippen molar-refractivity contribution in [1.29, 1.82) is 0 Å². The Morgan fingerprint density at radius 3 is 2.45 bits per heavy atom. The molecule has 0 saturated heterocycles. The summed E-state index contributed by atoms with van der Waals surface area (Å²) in [5.41, 5.74) is 0.639. The first-order valence-corrected chi connectivity index (χ1v) is 4.79. The van der Waals surface area contributed by atoms with Gasteiger partial charge in [-0.2, -0.15) is 0 Å². The van der Waals surface area contributed by atoms with E-state index in [1.54, 1.807) is 0 Å². The zero-order valence-electron chi connectivity index (χ0n) is 8.28. The van der Waals surface area contributed by atoms with E-state index in [1.807, 2.05) is 0 Å². The van der Waals surface area contributed by atoms with E-state index in [2.05, 4.69) is 33.0 Å². The minimum atomic E-state index is 0.639. The summed E-state index contributed by atoms with van der Waals surface area (Å²) in [6.07, 6.45) is 2.66. The van der Waals surface area contributed by atoms with Gasteiger partial charge in [-0.05, 0) is 37.6 Å². The Morgan fingerprint density at radius 2 is 2.09 bits per heavy atom. The van der Waals surface area contributed by atoms with E-state index in [-0.39, 0.29) is 0 Å². The lowest BCUT2D eigenvalue weighted by Crippen LogP contribution is -2.28. The van der Waals surface area contributed by atoms with E-state index in [4.69, 9.17) is 0 Å². The molecule has 66 valence electrons. The summed E-state index contributed by atoms with van der Waals surface area (Å²) in [6.45, 7) is 10.4. The van der Waals surface area contributed by atoms with Crippen LogP contribution in [0.4, 0.5) is 0 Å². The van der Waals surface area contributed by atoms with Crippen LogP contribution < -0.4 is 5.32 Å². The average Bonchev–Trinajstić information content (AvgIpc) is 2.54. The lowest BCUT2D eigenvalue weighted by molar-refractivity contribution is 0.469. The second kappa shape index (κ2) is 3.14. The Morgan fingerprint density at radius 1 is 1.55 bits per heavy atom. The summed E-state index contributed by atoms with van der Waals surface area (Å²) in [5.74, 6) is 0.941. The SMILES string of the molecule is CCC(C)NCC1CC1(C)C. The summed E-state index contributed by atoms with van der Waals surface area (Å²) in [5, 5.41) is 3.55. The molecular formula is C10H21N. The van der Waals surface area contributed by atoms with Crippen LogP contribution in [0.2, 0.25) is 0 Å². The van der Waals surface area contributed by atoms with Crippen LogP contribution in [0.25, 0.3) is 0 Å². The standard InChI is InChI=1S/C10H21N/c1-5-8(2)11-7-9-6-10(9,3)4/h8-9,11H,5-7H2,1-4H3. The molecule has 1 rings (SSSR count). The van der Waals surface area contributed by atoms with Crippen LogP contribution in [0.1, 0.15) is 40.5 Å². The van der Waals surface area contributed by atoms with Crippen molar-refractivity contribution >= 4 is 0 Å². The number of hydrogen-bond donors (Lipinski definition) is 1. The van der Waals surface area contributed by atoms with E-state index in [9.17, 15) is 0 Å². The molecular weight excluding hydrogens is 134 g/mol. The highest BCUT2D eigenvalue weighted by Crippen LogP contribution is 2.50. The molecule has 1 aliphatic carbocycles. The zero-order chi connectivity index (χ0) is 8.48. The van der Waals surface area contributed by atoms with E-state index in [1.165, 1.54) is 19.4 Å². The number of nitrogens with one attached hydrogen (secondary N) is 1. The monoisotopic (exact) mass is 155 g/mol. The van der Waals surface area contributed by atoms with Crippen molar-refractivity contribution in [1.82, 2.24) is 5.32 Å². The molecule has 0 aliphatic heterocycles. The summed E-state index contributed by atoms with van der Waals surface area (Å²) in [6, 6.07) is 0.700. The quantitative estimate of drug-likeness (QED) is 0.657. The molecule has 2 atom stereocenters. The van der Waals surface area contributed by atoms with Crippen molar-refractivity contribution in [3.8, 4) is 0 Å². The zero-order valence-corrected chi connectivity index (χ0v) is 8.28. The number of hydrogen-bond acceptors (Lipinski definition) is 1. The molecule has 1 saturated carbocycles. The molecule has 0 bridgehead atoms. The Kier molecular flexibility index (Phi) is 2.58. The van der Waals surface area contributed by atoms with Gasteiger partial charge in [-0.25, -0.2) is 0 Å². The highest BCUT2D eigenvalue weighted by molar-refractivity contribution is 4.96. The normalized spacial score (nSPS) is 30.0. The summed E-state index contributed by atoms with van der Waals surface area (Å²) < 4.78 is 0. The number of rotatable bonds is 4. The third kappa shape index (κ3) is 2.48. The topological polar surface area (TPSA) is 12.0 Å². The maximum absolute atomic E-state index is 3.55. The van der Waals surface area contributed by atoms with Crippen LogP contribution in [0.3, 0.4) is 0 Å². The molecule has 1 nitrogen and oxygen atoms in total. The van der Waals surface area contributed by atoms with Crippen LogP contribution in [0, 0.1) is 11.3 Å². The van der Waals surface area contributed by atoms with Gasteiger partial charge in [0.1, 0.15) is 0 Å². The lowest BCUT2D eigenvalue weighted by Gasteiger charge is -2.11. The molecule has 0 amide bonds. The van der Waals surface area contributed by atoms with Gasteiger partial charge in [-0.15, -0.1) is 0 Å². The highest BCUT2D eigenvalue weighted by Gasteiger charge is 2.44. The van der Waals surface area contributed by atoms with Crippen molar-refractivity contribution in [3.05, 3.63) is 0 Å². The molecule has 1 aliphatic rings. The molecule has 2 unspecified atom stereocenters. The Balaban J connectivity index is 2.06. The molecule has 0 aromatic heterocycles. The van der Waals surface area contributed by atoms with Gasteiger partial charge >= 0.3 is 0 Å². The molecule has 1 N–H and O–H groups in total. The molecule has 0 spiro atoms. The van der Waals surface area contributed by atoms with Crippen molar-refractivity contribution in [2.75, 3.05) is 6.54 Å². The van der Waals surface area contributed by atoms with E-state index in [0.29, 0.717) is 11.5 Å². The Labute approximate surface area is 70.6 Å². The third-order valence-corrected chi connectivity index (χ3v) is 3.04. The second-order valence-corrected chi connectivity index (χ2v) is 4.61. The van der Waals surface area contributed by atoms with Gasteiger partial charge in [0.25, 0.3) is 0 Å². The Bertz CT molecular complexity index is 129. The van der Waals surface area contributed by atoms with Crippen molar-refractivity contribution in [2.24, 2.45) is 11.3 Å². The molecule has 0 radical (unpaired) electrons. The second-order valence-electron chi connectivity index (χ2n) is 4.61. The van der Waals surface area contributed by atoms with Gasteiger partial charge in [0, 0.05) is 6.04 Å². The van der Waals surface area contributed by atoms with Crippen LogP contribution in [0.5, 0.6) is 0 Å². The molecule has 11 heavy (non-hydrogen) atoms.